The second-order valence-electron chi connectivity index (χ2n) is 5.98. The van der Waals surface area contributed by atoms with E-state index < -0.39 is 10.1 Å². The minimum absolute atomic E-state index is 0.0814. The van der Waals surface area contributed by atoms with Crippen molar-refractivity contribution in [2.75, 3.05) is 7.11 Å². The van der Waals surface area contributed by atoms with Gasteiger partial charge in [-0.3, -0.25) is 4.99 Å². The standard InChI is InChI=1S/C21H18INO4S/c1-15-8-10-17(11-9-15)23-14-16-12-19(22)21(20(13-16)26-2)27-28(24,25)18-6-4-3-5-7-18/h3-14H,1-2H3. The lowest BCUT2D eigenvalue weighted by Gasteiger charge is -2.13. The first-order valence-electron chi connectivity index (χ1n) is 8.37. The van der Waals surface area contributed by atoms with Gasteiger partial charge in [0, 0.05) is 6.21 Å². The molecule has 144 valence electrons. The van der Waals surface area contributed by atoms with Gasteiger partial charge < -0.3 is 8.92 Å². The normalized spacial score (nSPS) is 11.5. The van der Waals surface area contributed by atoms with Crippen LogP contribution in [0.2, 0.25) is 0 Å². The number of nitrogens with zero attached hydrogens (tertiary/aromatic N) is 1. The zero-order valence-electron chi connectivity index (χ0n) is 15.3. The largest absolute Gasteiger partial charge is 0.493 e. The van der Waals surface area contributed by atoms with E-state index >= 15 is 0 Å². The second-order valence-corrected chi connectivity index (χ2v) is 8.69. The monoisotopic (exact) mass is 507 g/mol. The molecular formula is C21H18INO4S. The molecular weight excluding hydrogens is 489 g/mol. The van der Waals surface area contributed by atoms with E-state index in [1.54, 1.807) is 36.5 Å². The van der Waals surface area contributed by atoms with Crippen molar-refractivity contribution >= 4 is 44.6 Å². The molecule has 0 fully saturated rings. The van der Waals surface area contributed by atoms with E-state index in [-0.39, 0.29) is 10.6 Å². The Balaban J connectivity index is 1.91. The van der Waals surface area contributed by atoms with Crippen molar-refractivity contribution < 1.29 is 17.3 Å². The van der Waals surface area contributed by atoms with Gasteiger partial charge in [0.2, 0.25) is 0 Å². The fourth-order valence-electron chi connectivity index (χ4n) is 2.42. The predicted octanol–water partition coefficient (Wildman–Crippen LogP) is 5.13. The van der Waals surface area contributed by atoms with Crippen LogP contribution >= 0.6 is 22.6 Å². The summed E-state index contributed by atoms with van der Waals surface area (Å²) in [6.45, 7) is 2.02. The molecule has 0 spiro atoms. The molecule has 5 nitrogen and oxygen atoms in total. The van der Waals surface area contributed by atoms with Crippen LogP contribution in [0.25, 0.3) is 0 Å². The smallest absolute Gasteiger partial charge is 0.339 e. The van der Waals surface area contributed by atoms with Gasteiger partial charge in [-0.25, -0.2) is 0 Å². The van der Waals surface area contributed by atoms with Crippen LogP contribution in [0.3, 0.4) is 0 Å². The van der Waals surface area contributed by atoms with Crippen LogP contribution in [0.15, 0.2) is 76.6 Å². The Bertz CT molecular complexity index is 1100. The average molecular weight is 507 g/mol. The maximum Gasteiger partial charge on any atom is 0.339 e. The van der Waals surface area contributed by atoms with Crippen molar-refractivity contribution in [3.05, 3.63) is 81.4 Å². The van der Waals surface area contributed by atoms with Crippen LogP contribution in [-0.4, -0.2) is 21.7 Å². The highest BCUT2D eigenvalue weighted by atomic mass is 127. The molecule has 0 radical (unpaired) electrons. The molecule has 0 N–H and O–H groups in total. The first-order valence-corrected chi connectivity index (χ1v) is 10.9. The van der Waals surface area contributed by atoms with Crippen molar-refractivity contribution in [2.24, 2.45) is 4.99 Å². The lowest BCUT2D eigenvalue weighted by molar-refractivity contribution is 0.389. The molecule has 0 amide bonds. The molecule has 3 rings (SSSR count). The lowest BCUT2D eigenvalue weighted by Crippen LogP contribution is -2.11. The zero-order valence-corrected chi connectivity index (χ0v) is 18.3. The molecule has 7 heteroatoms. The van der Waals surface area contributed by atoms with Crippen molar-refractivity contribution in [1.82, 2.24) is 0 Å². The molecule has 0 bridgehead atoms. The summed E-state index contributed by atoms with van der Waals surface area (Å²) < 4.78 is 36.4. The Kier molecular flexibility index (Phi) is 6.35. The Morgan fingerprint density at radius 1 is 1.00 bits per heavy atom. The van der Waals surface area contributed by atoms with Crippen LogP contribution in [0.5, 0.6) is 11.5 Å². The molecule has 3 aromatic rings. The van der Waals surface area contributed by atoms with Gasteiger partial charge in [0.25, 0.3) is 0 Å². The van der Waals surface area contributed by atoms with Gasteiger partial charge in [-0.1, -0.05) is 35.9 Å². The number of halogens is 1. The number of aliphatic imine (C=N–C) groups is 1. The van der Waals surface area contributed by atoms with Crippen molar-refractivity contribution in [2.45, 2.75) is 11.8 Å². The maximum atomic E-state index is 12.5. The molecule has 0 aliphatic heterocycles. The Labute approximate surface area is 178 Å². The van der Waals surface area contributed by atoms with E-state index in [2.05, 4.69) is 4.99 Å². The summed E-state index contributed by atoms with van der Waals surface area (Å²) in [5.41, 5.74) is 2.76. The van der Waals surface area contributed by atoms with E-state index in [4.69, 9.17) is 8.92 Å². The highest BCUT2D eigenvalue weighted by molar-refractivity contribution is 14.1. The third-order valence-electron chi connectivity index (χ3n) is 3.87. The molecule has 0 heterocycles. The van der Waals surface area contributed by atoms with Gasteiger partial charge in [0.1, 0.15) is 4.90 Å². The van der Waals surface area contributed by atoms with Gasteiger partial charge in [0.05, 0.1) is 16.4 Å². The van der Waals surface area contributed by atoms with Gasteiger partial charge >= 0.3 is 10.1 Å². The summed E-state index contributed by atoms with van der Waals surface area (Å²) in [6.07, 6.45) is 1.70. The summed E-state index contributed by atoms with van der Waals surface area (Å²) in [7, 11) is -2.49. The number of aryl methyl sites for hydroxylation is 1. The zero-order chi connectivity index (χ0) is 20.1. The van der Waals surface area contributed by atoms with Gasteiger partial charge in [-0.05, 0) is 71.5 Å². The Morgan fingerprint density at radius 3 is 2.32 bits per heavy atom. The topological polar surface area (TPSA) is 65.0 Å². The maximum absolute atomic E-state index is 12.5. The SMILES string of the molecule is COc1cc(C=Nc2ccc(C)cc2)cc(I)c1OS(=O)(=O)c1ccccc1. The third kappa shape index (κ3) is 4.90. The fourth-order valence-corrected chi connectivity index (χ4v) is 4.28. The first-order chi connectivity index (χ1) is 13.4. The quantitative estimate of drug-likeness (QED) is 0.264. The molecule has 0 unspecified atom stereocenters. The van der Waals surface area contributed by atoms with Gasteiger partial charge in [-0.2, -0.15) is 8.42 Å². The lowest BCUT2D eigenvalue weighted by atomic mass is 10.2. The average Bonchev–Trinajstić information content (AvgIpc) is 2.70. The Morgan fingerprint density at radius 2 is 1.68 bits per heavy atom. The summed E-state index contributed by atoms with van der Waals surface area (Å²) in [6, 6.07) is 19.3. The van der Waals surface area contributed by atoms with Crippen LogP contribution < -0.4 is 8.92 Å². The number of hydrogen-bond acceptors (Lipinski definition) is 5. The molecule has 0 aliphatic rings. The number of benzene rings is 3. The second kappa shape index (κ2) is 8.74. The third-order valence-corrected chi connectivity index (χ3v) is 5.91. The summed E-state index contributed by atoms with van der Waals surface area (Å²) in [5.74, 6) is 0.469. The Hall–Kier alpha value is -2.39. The van der Waals surface area contributed by atoms with Gasteiger partial charge in [0.15, 0.2) is 11.5 Å². The van der Waals surface area contributed by atoms with Crippen LogP contribution in [-0.2, 0) is 10.1 Å². The first kappa shape index (κ1) is 20.3. The van der Waals surface area contributed by atoms with Crippen LogP contribution in [0.4, 0.5) is 5.69 Å². The summed E-state index contributed by atoms with van der Waals surface area (Å²) in [5, 5.41) is 0. The van der Waals surface area contributed by atoms with E-state index in [0.717, 1.165) is 16.8 Å². The van der Waals surface area contributed by atoms with Crippen molar-refractivity contribution in [3.8, 4) is 11.5 Å². The molecule has 0 saturated heterocycles. The molecule has 0 aliphatic carbocycles. The highest BCUT2D eigenvalue weighted by Crippen LogP contribution is 2.35. The minimum Gasteiger partial charge on any atom is -0.493 e. The van der Waals surface area contributed by atoms with E-state index in [0.29, 0.717) is 9.32 Å². The van der Waals surface area contributed by atoms with Crippen molar-refractivity contribution in [3.63, 3.8) is 0 Å². The number of rotatable bonds is 6. The molecule has 3 aromatic carbocycles. The van der Waals surface area contributed by atoms with Gasteiger partial charge in [-0.15, -0.1) is 0 Å². The molecule has 0 aromatic heterocycles. The number of hydrogen-bond donors (Lipinski definition) is 0. The van der Waals surface area contributed by atoms with E-state index in [1.165, 1.54) is 19.2 Å². The molecule has 0 saturated carbocycles. The van der Waals surface area contributed by atoms with Crippen LogP contribution in [0, 0.1) is 10.5 Å². The molecule has 28 heavy (non-hydrogen) atoms. The predicted molar refractivity (Wildman–Crippen MR) is 118 cm³/mol. The summed E-state index contributed by atoms with van der Waals surface area (Å²) in [4.78, 5) is 4.52. The number of methoxy groups -OCH3 is 1. The van der Waals surface area contributed by atoms with Crippen LogP contribution in [0.1, 0.15) is 11.1 Å². The fraction of sp³-hybridized carbons (Fsp3) is 0.0952. The highest BCUT2D eigenvalue weighted by Gasteiger charge is 2.21. The minimum atomic E-state index is -3.96. The number of ether oxygens (including phenoxy) is 1. The molecule has 0 atom stereocenters. The summed E-state index contributed by atoms with van der Waals surface area (Å²) >= 11 is 2.02. The van der Waals surface area contributed by atoms with Crippen molar-refractivity contribution in [1.29, 1.82) is 0 Å². The van der Waals surface area contributed by atoms with E-state index in [1.807, 2.05) is 53.8 Å². The van der Waals surface area contributed by atoms with E-state index in [9.17, 15) is 8.42 Å².